The first-order valence-electron chi connectivity index (χ1n) is 11.3. The van der Waals surface area contributed by atoms with Gasteiger partial charge >= 0.3 is 0 Å². The molecule has 0 saturated heterocycles. The second-order valence-electron chi connectivity index (χ2n) is 7.73. The summed E-state index contributed by atoms with van der Waals surface area (Å²) in [5, 5.41) is 30.7. The zero-order chi connectivity index (χ0) is 25.7. The number of nitriles is 1. The van der Waals surface area contributed by atoms with Crippen LogP contribution in [-0.2, 0) is 0 Å². The molecule has 0 bridgehead atoms. The molecular weight excluding hydrogens is 458 g/mol. The highest BCUT2D eigenvalue weighted by Crippen LogP contribution is 2.29. The number of nitro groups is 2. The average molecular weight is 490 g/mol. The Morgan fingerprint density at radius 3 is 2.06 bits per heavy atom. The van der Waals surface area contributed by atoms with Crippen LogP contribution >= 0.6 is 11.6 Å². The molecule has 0 fully saturated rings. The molecule has 0 aliphatic rings. The van der Waals surface area contributed by atoms with Crippen molar-refractivity contribution in [2.45, 2.75) is 46.5 Å². The number of nitro benzene ring substituents is 2. The molecule has 34 heavy (non-hydrogen) atoms. The van der Waals surface area contributed by atoms with Gasteiger partial charge in [0.2, 0.25) is 0 Å². The van der Waals surface area contributed by atoms with Gasteiger partial charge in [-0.25, -0.2) is 0 Å². The van der Waals surface area contributed by atoms with Gasteiger partial charge in [0, 0.05) is 50.6 Å². The summed E-state index contributed by atoms with van der Waals surface area (Å²) in [4.78, 5) is 24.6. The molecule has 0 aliphatic heterocycles. The second kappa shape index (κ2) is 14.7. The lowest BCUT2D eigenvalue weighted by atomic mass is 10.1. The molecular formula is C24H32ClN5O4. The van der Waals surface area contributed by atoms with E-state index >= 15 is 0 Å². The van der Waals surface area contributed by atoms with Gasteiger partial charge < -0.3 is 9.80 Å². The van der Waals surface area contributed by atoms with Crippen molar-refractivity contribution >= 4 is 34.4 Å². The summed E-state index contributed by atoms with van der Waals surface area (Å²) in [5.41, 5.74) is 1.66. The topological polar surface area (TPSA) is 117 Å². The van der Waals surface area contributed by atoms with Crippen molar-refractivity contribution in [3.63, 3.8) is 0 Å². The minimum absolute atomic E-state index is 0.0256. The van der Waals surface area contributed by atoms with E-state index in [1.807, 2.05) is 18.0 Å². The molecule has 184 valence electrons. The van der Waals surface area contributed by atoms with Crippen LogP contribution in [-0.4, -0.2) is 36.5 Å². The van der Waals surface area contributed by atoms with Gasteiger partial charge in [0.1, 0.15) is 11.6 Å². The fourth-order valence-corrected chi connectivity index (χ4v) is 3.63. The van der Waals surface area contributed by atoms with E-state index in [-0.39, 0.29) is 16.9 Å². The van der Waals surface area contributed by atoms with Gasteiger partial charge in [-0.15, -0.1) is 0 Å². The van der Waals surface area contributed by atoms with Gasteiger partial charge in [-0.05, 0) is 37.5 Å². The minimum Gasteiger partial charge on any atom is -0.373 e. The smallest absolute Gasteiger partial charge is 0.289 e. The van der Waals surface area contributed by atoms with E-state index in [2.05, 4.69) is 25.7 Å². The van der Waals surface area contributed by atoms with Crippen LogP contribution in [0.4, 0.5) is 22.7 Å². The molecule has 0 radical (unpaired) electrons. The largest absolute Gasteiger partial charge is 0.373 e. The first-order chi connectivity index (χ1) is 16.2. The van der Waals surface area contributed by atoms with E-state index in [4.69, 9.17) is 16.9 Å². The van der Waals surface area contributed by atoms with Crippen molar-refractivity contribution < 1.29 is 9.85 Å². The fraction of sp³-hybridized carbons (Fsp3) is 0.458. The Morgan fingerprint density at radius 2 is 1.59 bits per heavy atom. The lowest BCUT2D eigenvalue weighted by Crippen LogP contribution is -2.24. The predicted octanol–water partition coefficient (Wildman–Crippen LogP) is 6.58. The third-order valence-electron chi connectivity index (χ3n) is 5.05. The molecule has 0 aromatic heterocycles. The second-order valence-corrected chi connectivity index (χ2v) is 8.13. The highest BCUT2D eigenvalue weighted by molar-refractivity contribution is 6.33. The predicted molar refractivity (Wildman–Crippen MR) is 137 cm³/mol. The molecule has 2 rings (SSSR count). The number of nitrogens with zero attached hydrogens (tertiary/aromatic N) is 5. The zero-order valence-corrected chi connectivity index (χ0v) is 20.9. The lowest BCUT2D eigenvalue weighted by molar-refractivity contribution is -0.385. The van der Waals surface area contributed by atoms with Gasteiger partial charge in [0.25, 0.3) is 11.4 Å². The van der Waals surface area contributed by atoms with Crippen molar-refractivity contribution in [2.75, 3.05) is 36.5 Å². The van der Waals surface area contributed by atoms with E-state index in [1.165, 1.54) is 24.3 Å². The van der Waals surface area contributed by atoms with Crippen LogP contribution in [0.3, 0.4) is 0 Å². The molecule has 10 heteroatoms. The summed E-state index contributed by atoms with van der Waals surface area (Å²) in [7, 11) is 1.93. The van der Waals surface area contributed by atoms with Gasteiger partial charge in [-0.1, -0.05) is 38.8 Å². The Labute approximate surface area is 205 Å². The summed E-state index contributed by atoms with van der Waals surface area (Å²) in [6.45, 7) is 8.87. The van der Waals surface area contributed by atoms with E-state index in [0.717, 1.165) is 56.7 Å². The van der Waals surface area contributed by atoms with Crippen molar-refractivity contribution in [3.8, 4) is 6.07 Å². The molecule has 0 atom stereocenters. The van der Waals surface area contributed by atoms with Gasteiger partial charge in [0.05, 0.1) is 20.6 Å². The van der Waals surface area contributed by atoms with Crippen LogP contribution in [0.15, 0.2) is 36.4 Å². The Bertz CT molecular complexity index is 1000. The van der Waals surface area contributed by atoms with Crippen molar-refractivity contribution in [3.05, 3.63) is 67.2 Å². The van der Waals surface area contributed by atoms with Crippen LogP contribution in [0.5, 0.6) is 0 Å². The molecule has 2 aromatic rings. The van der Waals surface area contributed by atoms with Crippen molar-refractivity contribution in [1.82, 2.24) is 0 Å². The molecule has 0 N–H and O–H groups in total. The summed E-state index contributed by atoms with van der Waals surface area (Å²) >= 11 is 6.00. The van der Waals surface area contributed by atoms with Crippen LogP contribution in [0, 0.1) is 31.6 Å². The normalized spacial score (nSPS) is 10.0. The lowest BCUT2D eigenvalue weighted by Gasteiger charge is -2.23. The standard InChI is InChI=1S/C13H17N3O2.C11H15ClN2O2/c1-3-7-15(8-4-2)12-6-5-11(10-14)13(9-12)16(17)18;1-3-4-7-13(2)11-6-5-9(14(15)16)8-10(11)12/h5-6,9H,3-4,7-8H2,1-2H3;5-6,8H,3-4,7H2,1-2H3. The Morgan fingerprint density at radius 1 is 0.941 bits per heavy atom. The first-order valence-corrected chi connectivity index (χ1v) is 11.7. The summed E-state index contributed by atoms with van der Waals surface area (Å²) in [5.74, 6) is 0. The quantitative estimate of drug-likeness (QED) is 0.258. The van der Waals surface area contributed by atoms with Crippen LogP contribution in [0.25, 0.3) is 0 Å². The number of hydrogen-bond acceptors (Lipinski definition) is 7. The number of rotatable bonds is 11. The maximum absolute atomic E-state index is 10.9. The maximum atomic E-state index is 10.9. The minimum atomic E-state index is -0.502. The molecule has 0 spiro atoms. The SMILES string of the molecule is CCCCN(C)c1ccc([N+](=O)[O-])cc1Cl.CCCN(CCC)c1ccc(C#N)c([N+](=O)[O-])c1. The fourth-order valence-electron chi connectivity index (χ4n) is 3.31. The molecule has 2 aromatic carbocycles. The summed E-state index contributed by atoms with van der Waals surface area (Å²) < 4.78 is 0. The molecule has 0 amide bonds. The molecule has 0 aliphatic carbocycles. The third-order valence-corrected chi connectivity index (χ3v) is 5.35. The Kier molecular flexibility index (Phi) is 12.4. The number of halogens is 1. The van der Waals surface area contributed by atoms with Crippen LogP contribution < -0.4 is 9.80 Å². The van der Waals surface area contributed by atoms with Gasteiger partial charge in [-0.3, -0.25) is 20.2 Å². The number of unbranched alkanes of at least 4 members (excludes halogenated alkanes) is 1. The molecule has 0 heterocycles. The molecule has 0 unspecified atom stereocenters. The number of anilines is 2. The average Bonchev–Trinajstić information content (AvgIpc) is 2.82. The van der Waals surface area contributed by atoms with Crippen LogP contribution in [0.2, 0.25) is 5.02 Å². The molecule has 9 nitrogen and oxygen atoms in total. The van der Waals surface area contributed by atoms with E-state index in [9.17, 15) is 20.2 Å². The number of hydrogen-bond donors (Lipinski definition) is 0. The highest BCUT2D eigenvalue weighted by atomic mass is 35.5. The maximum Gasteiger partial charge on any atom is 0.289 e. The number of benzene rings is 2. The van der Waals surface area contributed by atoms with Gasteiger partial charge in [-0.2, -0.15) is 5.26 Å². The molecule has 0 saturated carbocycles. The Balaban J connectivity index is 0.000000342. The number of non-ortho nitro benzene ring substituents is 1. The Hall–Kier alpha value is -3.38. The zero-order valence-electron chi connectivity index (χ0n) is 20.2. The van der Waals surface area contributed by atoms with E-state index < -0.39 is 9.85 Å². The van der Waals surface area contributed by atoms with Crippen LogP contribution in [0.1, 0.15) is 52.0 Å². The van der Waals surface area contributed by atoms with Gasteiger partial charge in [0.15, 0.2) is 0 Å². The summed E-state index contributed by atoms with van der Waals surface area (Å²) in [6.07, 6.45) is 4.14. The van der Waals surface area contributed by atoms with Crippen molar-refractivity contribution in [1.29, 1.82) is 5.26 Å². The first kappa shape index (κ1) is 28.7. The van der Waals surface area contributed by atoms with Crippen molar-refractivity contribution in [2.24, 2.45) is 0 Å². The third kappa shape index (κ3) is 8.52. The highest BCUT2D eigenvalue weighted by Gasteiger charge is 2.16. The monoisotopic (exact) mass is 489 g/mol. The van der Waals surface area contributed by atoms with E-state index in [1.54, 1.807) is 12.1 Å². The summed E-state index contributed by atoms with van der Waals surface area (Å²) in [6, 6.07) is 11.2. The van der Waals surface area contributed by atoms with E-state index in [0.29, 0.717) is 5.02 Å².